The first-order valence-electron chi connectivity index (χ1n) is 5.69. The molecular formula is C13H15NO4S. The highest BCUT2D eigenvalue weighted by atomic mass is 32.2. The van der Waals surface area contributed by atoms with E-state index >= 15 is 0 Å². The van der Waals surface area contributed by atoms with E-state index in [2.05, 4.69) is 5.32 Å². The van der Waals surface area contributed by atoms with Crippen molar-refractivity contribution in [3.05, 3.63) is 29.8 Å². The summed E-state index contributed by atoms with van der Waals surface area (Å²) in [6, 6.07) is 6.62. The molecule has 0 bridgehead atoms. The largest absolute Gasteiger partial charge is 0.481 e. The molecule has 6 heteroatoms. The summed E-state index contributed by atoms with van der Waals surface area (Å²) in [6.07, 6.45) is 0.0469. The molecule has 1 aromatic carbocycles. The Morgan fingerprint density at radius 3 is 2.37 bits per heavy atom. The molecule has 0 radical (unpaired) electrons. The number of hydrogen-bond acceptors (Lipinski definition) is 4. The van der Waals surface area contributed by atoms with Crippen LogP contribution in [0, 0.1) is 0 Å². The minimum atomic E-state index is -0.868. The predicted octanol–water partition coefficient (Wildman–Crippen LogP) is 2.04. The van der Waals surface area contributed by atoms with Gasteiger partial charge in [0.25, 0.3) is 0 Å². The molecule has 1 rings (SSSR count). The number of aliphatic carboxylic acids is 1. The van der Waals surface area contributed by atoms with Crippen LogP contribution in [-0.2, 0) is 9.59 Å². The van der Waals surface area contributed by atoms with Gasteiger partial charge in [-0.05, 0) is 31.2 Å². The Balaban J connectivity index is 2.35. The fraction of sp³-hybridized carbons (Fsp3) is 0.308. The Morgan fingerprint density at radius 2 is 1.84 bits per heavy atom. The van der Waals surface area contributed by atoms with Crippen LogP contribution < -0.4 is 5.32 Å². The standard InChI is InChI=1S/C13H15NO4S/c1-9(15)10-2-4-11(5-3-10)14-12(16)8-19-7-6-13(17)18/h2-5H,6-8H2,1H3,(H,14,16)(H,17,18). The highest BCUT2D eigenvalue weighted by molar-refractivity contribution is 7.99. The van der Waals surface area contributed by atoms with Gasteiger partial charge in [0.2, 0.25) is 5.91 Å². The van der Waals surface area contributed by atoms with Crippen molar-refractivity contribution in [2.24, 2.45) is 0 Å². The van der Waals surface area contributed by atoms with Crippen LogP contribution in [-0.4, -0.2) is 34.3 Å². The summed E-state index contributed by atoms with van der Waals surface area (Å²) in [6.45, 7) is 1.48. The maximum absolute atomic E-state index is 11.5. The van der Waals surface area contributed by atoms with Crippen molar-refractivity contribution in [3.63, 3.8) is 0 Å². The van der Waals surface area contributed by atoms with Gasteiger partial charge in [-0.1, -0.05) is 0 Å². The molecule has 0 unspecified atom stereocenters. The van der Waals surface area contributed by atoms with E-state index in [0.717, 1.165) is 0 Å². The third-order valence-electron chi connectivity index (χ3n) is 2.27. The molecule has 0 atom stereocenters. The molecule has 0 aliphatic carbocycles. The third-order valence-corrected chi connectivity index (χ3v) is 3.23. The van der Waals surface area contributed by atoms with Gasteiger partial charge in [-0.2, -0.15) is 11.8 Å². The highest BCUT2D eigenvalue weighted by Gasteiger charge is 2.05. The summed E-state index contributed by atoms with van der Waals surface area (Å²) < 4.78 is 0. The first-order valence-corrected chi connectivity index (χ1v) is 6.85. The Morgan fingerprint density at radius 1 is 1.21 bits per heavy atom. The number of rotatable bonds is 7. The first kappa shape index (κ1) is 15.2. The number of hydrogen-bond donors (Lipinski definition) is 2. The Bertz CT molecular complexity index is 470. The molecule has 0 spiro atoms. The molecule has 1 amide bonds. The zero-order valence-electron chi connectivity index (χ0n) is 10.5. The molecule has 0 fully saturated rings. The van der Waals surface area contributed by atoms with Crippen LogP contribution in [0.3, 0.4) is 0 Å². The van der Waals surface area contributed by atoms with Crippen LogP contribution in [0.2, 0.25) is 0 Å². The maximum Gasteiger partial charge on any atom is 0.304 e. The van der Waals surface area contributed by atoms with Gasteiger partial charge < -0.3 is 10.4 Å². The number of ketones is 1. The quantitative estimate of drug-likeness (QED) is 0.590. The van der Waals surface area contributed by atoms with E-state index in [0.29, 0.717) is 17.0 Å². The Labute approximate surface area is 115 Å². The average Bonchev–Trinajstić information content (AvgIpc) is 2.35. The van der Waals surface area contributed by atoms with Gasteiger partial charge in [-0.25, -0.2) is 0 Å². The lowest BCUT2D eigenvalue weighted by Crippen LogP contribution is -2.14. The highest BCUT2D eigenvalue weighted by Crippen LogP contribution is 2.11. The van der Waals surface area contributed by atoms with Gasteiger partial charge in [0.15, 0.2) is 5.78 Å². The molecule has 0 aliphatic rings. The van der Waals surface area contributed by atoms with Gasteiger partial charge in [-0.15, -0.1) is 0 Å². The lowest BCUT2D eigenvalue weighted by atomic mass is 10.1. The third kappa shape index (κ3) is 6.05. The number of amides is 1. The molecule has 0 aromatic heterocycles. The van der Waals surface area contributed by atoms with Crippen molar-refractivity contribution in [1.29, 1.82) is 0 Å². The van der Waals surface area contributed by atoms with Gasteiger partial charge in [0.1, 0.15) is 0 Å². The number of thioether (sulfide) groups is 1. The SMILES string of the molecule is CC(=O)c1ccc(NC(=O)CSCCC(=O)O)cc1. The molecule has 5 nitrogen and oxygen atoms in total. The van der Waals surface area contributed by atoms with Gasteiger partial charge in [-0.3, -0.25) is 14.4 Å². The van der Waals surface area contributed by atoms with Gasteiger partial charge >= 0.3 is 5.97 Å². The number of Topliss-reactive ketones (excluding diaryl/α,β-unsaturated/α-hetero) is 1. The summed E-state index contributed by atoms with van der Waals surface area (Å²) in [5.41, 5.74) is 1.21. The van der Waals surface area contributed by atoms with Crippen LogP contribution in [0.25, 0.3) is 0 Å². The number of anilines is 1. The first-order chi connectivity index (χ1) is 8.99. The number of carbonyl (C=O) groups is 3. The van der Waals surface area contributed by atoms with Crippen molar-refractivity contribution < 1.29 is 19.5 Å². The van der Waals surface area contributed by atoms with Crippen molar-refractivity contribution >= 4 is 35.1 Å². The topological polar surface area (TPSA) is 83.5 Å². The summed E-state index contributed by atoms with van der Waals surface area (Å²) in [5, 5.41) is 11.1. The second kappa shape index (κ2) is 7.58. The number of nitrogens with one attached hydrogen (secondary N) is 1. The smallest absolute Gasteiger partial charge is 0.304 e. The lowest BCUT2D eigenvalue weighted by Gasteiger charge is -2.05. The minimum Gasteiger partial charge on any atom is -0.481 e. The van der Waals surface area contributed by atoms with Crippen LogP contribution in [0.5, 0.6) is 0 Å². The van der Waals surface area contributed by atoms with E-state index in [1.54, 1.807) is 24.3 Å². The molecule has 0 saturated carbocycles. The van der Waals surface area contributed by atoms with Crippen LogP contribution in [0.4, 0.5) is 5.69 Å². The van der Waals surface area contributed by atoms with E-state index in [4.69, 9.17) is 5.11 Å². The average molecular weight is 281 g/mol. The molecule has 0 aliphatic heterocycles. The van der Waals surface area contributed by atoms with Gasteiger partial charge in [0, 0.05) is 17.0 Å². The molecule has 0 heterocycles. The maximum atomic E-state index is 11.5. The number of carboxylic acids is 1. The minimum absolute atomic E-state index is 0.0258. The van der Waals surface area contributed by atoms with Crippen molar-refractivity contribution in [2.75, 3.05) is 16.8 Å². The van der Waals surface area contributed by atoms with E-state index in [9.17, 15) is 14.4 Å². The van der Waals surface area contributed by atoms with Crippen molar-refractivity contribution in [3.8, 4) is 0 Å². The van der Waals surface area contributed by atoms with Crippen molar-refractivity contribution in [1.82, 2.24) is 0 Å². The zero-order valence-corrected chi connectivity index (χ0v) is 11.3. The van der Waals surface area contributed by atoms with Crippen molar-refractivity contribution in [2.45, 2.75) is 13.3 Å². The lowest BCUT2D eigenvalue weighted by molar-refractivity contribution is -0.136. The molecule has 1 aromatic rings. The predicted molar refractivity (Wildman–Crippen MR) is 74.7 cm³/mol. The van der Waals surface area contributed by atoms with Gasteiger partial charge in [0.05, 0.1) is 12.2 Å². The van der Waals surface area contributed by atoms with E-state index < -0.39 is 5.97 Å². The summed E-state index contributed by atoms with van der Waals surface area (Å²) >= 11 is 1.27. The molecular weight excluding hydrogens is 266 g/mol. The van der Waals surface area contributed by atoms with Crippen LogP contribution >= 0.6 is 11.8 Å². The molecule has 102 valence electrons. The van der Waals surface area contributed by atoms with Crippen LogP contribution in [0.1, 0.15) is 23.7 Å². The Hall–Kier alpha value is -1.82. The molecule has 19 heavy (non-hydrogen) atoms. The fourth-order valence-electron chi connectivity index (χ4n) is 1.31. The normalized spacial score (nSPS) is 9.95. The molecule has 0 saturated heterocycles. The van der Waals surface area contributed by atoms with E-state index in [-0.39, 0.29) is 23.9 Å². The monoisotopic (exact) mass is 281 g/mol. The second-order valence-corrected chi connectivity index (χ2v) is 4.98. The Kier molecular flexibility index (Phi) is 6.08. The van der Waals surface area contributed by atoms with E-state index in [1.165, 1.54) is 18.7 Å². The summed E-state index contributed by atoms with van der Waals surface area (Å²) in [7, 11) is 0. The van der Waals surface area contributed by atoms with E-state index in [1.807, 2.05) is 0 Å². The number of benzene rings is 1. The number of carboxylic acid groups (broad SMARTS) is 1. The summed E-state index contributed by atoms with van der Waals surface area (Å²) in [5.74, 6) is -0.464. The zero-order chi connectivity index (χ0) is 14.3. The molecule has 2 N–H and O–H groups in total. The summed E-state index contributed by atoms with van der Waals surface area (Å²) in [4.78, 5) is 32.9. The number of carbonyl (C=O) groups excluding carboxylic acids is 2. The van der Waals surface area contributed by atoms with Crippen LogP contribution in [0.15, 0.2) is 24.3 Å². The fourth-order valence-corrected chi connectivity index (χ4v) is 2.03. The second-order valence-electron chi connectivity index (χ2n) is 3.88.